The minimum atomic E-state index is 0.208. The summed E-state index contributed by atoms with van der Waals surface area (Å²) >= 11 is 0. The van der Waals surface area contributed by atoms with Gasteiger partial charge in [-0.15, -0.1) is 0 Å². The summed E-state index contributed by atoms with van der Waals surface area (Å²) in [5, 5.41) is 0. The van der Waals surface area contributed by atoms with Crippen molar-refractivity contribution in [2.24, 2.45) is 7.05 Å². The van der Waals surface area contributed by atoms with Crippen molar-refractivity contribution in [1.29, 1.82) is 0 Å². The van der Waals surface area contributed by atoms with Crippen molar-refractivity contribution in [3.8, 4) is 0 Å². The monoisotopic (exact) mass is 228 g/mol. The second kappa shape index (κ2) is 5.43. The molecule has 0 saturated heterocycles. The number of hydrogen-bond donors (Lipinski definition) is 0. The fourth-order valence-corrected chi connectivity index (χ4v) is 1.81. The molecule has 0 N–H and O–H groups in total. The summed E-state index contributed by atoms with van der Waals surface area (Å²) < 4.78 is 1.99. The Balaban J connectivity index is 1.84. The lowest BCUT2D eigenvalue weighted by atomic mass is 10.1. The molecule has 2 aromatic rings. The fraction of sp³-hybridized carbons (Fsp3) is 0.286. The molecule has 0 bridgehead atoms. The van der Waals surface area contributed by atoms with E-state index in [0.29, 0.717) is 6.42 Å². The number of nitrogens with zero attached hydrogens (tertiary/aromatic N) is 2. The predicted octanol–water partition coefficient (Wildman–Crippen LogP) is 2.63. The van der Waals surface area contributed by atoms with Crippen LogP contribution in [0.4, 0.5) is 0 Å². The third kappa shape index (κ3) is 3.03. The zero-order chi connectivity index (χ0) is 12.1. The van der Waals surface area contributed by atoms with E-state index in [1.54, 1.807) is 6.20 Å². The normalized spacial score (nSPS) is 10.4. The van der Waals surface area contributed by atoms with E-state index in [1.165, 1.54) is 0 Å². The molecular weight excluding hydrogens is 212 g/mol. The first-order valence-corrected chi connectivity index (χ1v) is 5.82. The van der Waals surface area contributed by atoms with Crippen molar-refractivity contribution in [1.82, 2.24) is 9.55 Å². The first-order valence-electron chi connectivity index (χ1n) is 5.82. The fourth-order valence-electron chi connectivity index (χ4n) is 1.81. The van der Waals surface area contributed by atoms with E-state index in [9.17, 15) is 4.79 Å². The Morgan fingerprint density at radius 2 is 2.06 bits per heavy atom. The van der Waals surface area contributed by atoms with Crippen molar-refractivity contribution in [3.63, 3.8) is 0 Å². The van der Waals surface area contributed by atoms with Crippen molar-refractivity contribution in [2.45, 2.75) is 19.3 Å². The number of imidazole rings is 1. The molecule has 0 aliphatic heterocycles. The van der Waals surface area contributed by atoms with Crippen LogP contribution in [0, 0.1) is 0 Å². The summed E-state index contributed by atoms with van der Waals surface area (Å²) in [5.41, 5.74) is 0.798. The van der Waals surface area contributed by atoms with Gasteiger partial charge < -0.3 is 4.57 Å². The number of benzene rings is 1. The van der Waals surface area contributed by atoms with Gasteiger partial charge in [0.2, 0.25) is 0 Å². The molecular formula is C14H16N2O. The Kier molecular flexibility index (Phi) is 3.70. The van der Waals surface area contributed by atoms with Gasteiger partial charge in [-0.3, -0.25) is 4.79 Å². The number of carbonyl (C=O) groups excluding carboxylic acids is 1. The van der Waals surface area contributed by atoms with Crippen LogP contribution in [-0.2, 0) is 13.5 Å². The third-order valence-electron chi connectivity index (χ3n) is 2.82. The highest BCUT2D eigenvalue weighted by molar-refractivity contribution is 5.95. The maximum Gasteiger partial charge on any atom is 0.162 e. The molecule has 1 heterocycles. The molecule has 0 saturated carbocycles. The molecule has 88 valence electrons. The largest absolute Gasteiger partial charge is 0.338 e. The minimum absolute atomic E-state index is 0.208. The average Bonchev–Trinajstić information content (AvgIpc) is 2.76. The maximum atomic E-state index is 11.8. The van der Waals surface area contributed by atoms with Gasteiger partial charge in [-0.05, 0) is 6.42 Å². The first kappa shape index (κ1) is 11.6. The minimum Gasteiger partial charge on any atom is -0.338 e. The van der Waals surface area contributed by atoms with E-state index in [1.807, 2.05) is 48.1 Å². The zero-order valence-corrected chi connectivity index (χ0v) is 9.97. The SMILES string of the molecule is Cn1ccnc1CCCC(=O)c1ccccc1. The van der Waals surface area contributed by atoms with E-state index in [-0.39, 0.29) is 5.78 Å². The van der Waals surface area contributed by atoms with Crippen LogP contribution >= 0.6 is 0 Å². The van der Waals surface area contributed by atoms with Crippen molar-refractivity contribution in [2.75, 3.05) is 0 Å². The van der Waals surface area contributed by atoms with E-state index in [4.69, 9.17) is 0 Å². The highest BCUT2D eigenvalue weighted by atomic mass is 16.1. The van der Waals surface area contributed by atoms with Gasteiger partial charge in [0.25, 0.3) is 0 Å². The van der Waals surface area contributed by atoms with Crippen LogP contribution < -0.4 is 0 Å². The highest BCUT2D eigenvalue weighted by Crippen LogP contribution is 2.07. The standard InChI is InChI=1S/C14H16N2O/c1-16-11-10-15-14(16)9-5-8-13(17)12-6-3-2-4-7-12/h2-4,6-7,10-11H,5,8-9H2,1H3. The molecule has 2 rings (SSSR count). The quantitative estimate of drug-likeness (QED) is 0.737. The van der Waals surface area contributed by atoms with E-state index < -0.39 is 0 Å². The molecule has 0 amide bonds. The van der Waals surface area contributed by atoms with E-state index in [0.717, 1.165) is 24.2 Å². The number of carbonyl (C=O) groups is 1. The first-order chi connectivity index (χ1) is 8.27. The molecule has 3 heteroatoms. The van der Waals surface area contributed by atoms with Crippen LogP contribution in [0.3, 0.4) is 0 Å². The topological polar surface area (TPSA) is 34.9 Å². The third-order valence-corrected chi connectivity index (χ3v) is 2.82. The predicted molar refractivity (Wildman–Crippen MR) is 66.9 cm³/mol. The van der Waals surface area contributed by atoms with Gasteiger partial charge in [0.1, 0.15) is 5.82 Å². The maximum absolute atomic E-state index is 11.8. The van der Waals surface area contributed by atoms with Crippen LogP contribution in [0.2, 0.25) is 0 Å². The van der Waals surface area contributed by atoms with Crippen molar-refractivity contribution in [3.05, 3.63) is 54.1 Å². The summed E-state index contributed by atoms with van der Waals surface area (Å²) in [5.74, 6) is 1.24. The molecule has 1 aromatic heterocycles. The Bertz CT molecular complexity index is 488. The number of hydrogen-bond acceptors (Lipinski definition) is 2. The summed E-state index contributed by atoms with van der Waals surface area (Å²) in [6.45, 7) is 0. The van der Waals surface area contributed by atoms with Crippen LogP contribution in [0.1, 0.15) is 29.0 Å². The molecule has 0 unspecified atom stereocenters. The van der Waals surface area contributed by atoms with Crippen LogP contribution in [0.25, 0.3) is 0 Å². The van der Waals surface area contributed by atoms with Crippen LogP contribution in [0.5, 0.6) is 0 Å². The lowest BCUT2D eigenvalue weighted by Crippen LogP contribution is -2.02. The van der Waals surface area contributed by atoms with Crippen molar-refractivity contribution < 1.29 is 4.79 Å². The number of rotatable bonds is 5. The van der Waals surface area contributed by atoms with Gasteiger partial charge in [0.05, 0.1) is 0 Å². The lowest BCUT2D eigenvalue weighted by Gasteiger charge is -2.02. The molecule has 0 atom stereocenters. The van der Waals surface area contributed by atoms with Crippen molar-refractivity contribution >= 4 is 5.78 Å². The molecule has 17 heavy (non-hydrogen) atoms. The highest BCUT2D eigenvalue weighted by Gasteiger charge is 2.06. The molecule has 0 aliphatic carbocycles. The van der Waals surface area contributed by atoms with Gasteiger partial charge in [-0.25, -0.2) is 4.98 Å². The summed E-state index contributed by atoms with van der Waals surface area (Å²) in [4.78, 5) is 16.1. The van der Waals surface area contributed by atoms with Crippen LogP contribution in [-0.4, -0.2) is 15.3 Å². The second-order valence-corrected chi connectivity index (χ2v) is 4.10. The Morgan fingerprint density at radius 3 is 2.71 bits per heavy atom. The zero-order valence-electron chi connectivity index (χ0n) is 9.97. The summed E-state index contributed by atoms with van der Waals surface area (Å²) in [7, 11) is 1.97. The smallest absolute Gasteiger partial charge is 0.162 e. The number of ketones is 1. The lowest BCUT2D eigenvalue weighted by molar-refractivity contribution is 0.0980. The Hall–Kier alpha value is -1.90. The molecule has 0 fully saturated rings. The Labute approximate surface area is 101 Å². The number of aryl methyl sites for hydroxylation is 2. The van der Waals surface area contributed by atoms with Gasteiger partial charge in [-0.2, -0.15) is 0 Å². The summed E-state index contributed by atoms with van der Waals surface area (Å²) in [6, 6.07) is 9.44. The Morgan fingerprint density at radius 1 is 1.29 bits per heavy atom. The van der Waals surface area contributed by atoms with Gasteiger partial charge in [0.15, 0.2) is 5.78 Å². The molecule has 0 aliphatic rings. The van der Waals surface area contributed by atoms with Gasteiger partial charge in [0, 0.05) is 37.8 Å². The van der Waals surface area contributed by atoms with E-state index in [2.05, 4.69) is 4.98 Å². The number of Topliss-reactive ketones (excluding diaryl/α,β-unsaturated/α-hetero) is 1. The second-order valence-electron chi connectivity index (χ2n) is 4.10. The van der Waals surface area contributed by atoms with E-state index >= 15 is 0 Å². The molecule has 3 nitrogen and oxygen atoms in total. The summed E-state index contributed by atoms with van der Waals surface area (Å²) in [6.07, 6.45) is 5.99. The molecule has 0 radical (unpaired) electrons. The van der Waals surface area contributed by atoms with Gasteiger partial charge >= 0.3 is 0 Å². The number of aromatic nitrogens is 2. The average molecular weight is 228 g/mol. The van der Waals surface area contributed by atoms with Gasteiger partial charge in [-0.1, -0.05) is 30.3 Å². The van der Waals surface area contributed by atoms with Crippen LogP contribution in [0.15, 0.2) is 42.7 Å². The molecule has 1 aromatic carbocycles. The molecule has 0 spiro atoms.